The van der Waals surface area contributed by atoms with Gasteiger partial charge < -0.3 is 5.32 Å². The number of aromatic nitrogens is 2. The van der Waals surface area contributed by atoms with Gasteiger partial charge in [0.05, 0.1) is 23.3 Å². The van der Waals surface area contributed by atoms with E-state index in [2.05, 4.69) is 15.3 Å². The quantitative estimate of drug-likeness (QED) is 0.804. The van der Waals surface area contributed by atoms with Crippen molar-refractivity contribution < 1.29 is 4.79 Å². The van der Waals surface area contributed by atoms with Gasteiger partial charge in [-0.25, -0.2) is 4.98 Å². The summed E-state index contributed by atoms with van der Waals surface area (Å²) >= 11 is 0. The van der Waals surface area contributed by atoms with Crippen LogP contribution < -0.4 is 5.32 Å². The zero-order valence-electron chi connectivity index (χ0n) is 12.6. The van der Waals surface area contributed by atoms with E-state index in [1.54, 1.807) is 0 Å². The molecule has 4 heteroatoms. The lowest BCUT2D eigenvalue weighted by Gasteiger charge is -2.14. The van der Waals surface area contributed by atoms with Gasteiger partial charge in [0.25, 0.3) is 5.91 Å². The van der Waals surface area contributed by atoms with E-state index in [1.807, 2.05) is 62.4 Å². The van der Waals surface area contributed by atoms with E-state index < -0.39 is 0 Å². The molecule has 3 rings (SSSR count). The van der Waals surface area contributed by atoms with Crippen LogP contribution in [0.15, 0.2) is 54.7 Å². The summed E-state index contributed by atoms with van der Waals surface area (Å²) in [6, 6.07) is 15.5. The number of aryl methyl sites for hydroxylation is 1. The van der Waals surface area contributed by atoms with E-state index >= 15 is 0 Å². The van der Waals surface area contributed by atoms with Gasteiger partial charge in [0.15, 0.2) is 0 Å². The highest BCUT2D eigenvalue weighted by molar-refractivity contribution is 5.93. The summed E-state index contributed by atoms with van der Waals surface area (Å²) < 4.78 is 0. The number of fused-ring (bicyclic) bond motifs is 1. The molecule has 1 aromatic heterocycles. The largest absolute Gasteiger partial charge is 0.344 e. The summed E-state index contributed by atoms with van der Waals surface area (Å²) in [6.45, 7) is 3.99. The molecule has 2 aromatic carbocycles. The molecule has 0 aliphatic carbocycles. The van der Waals surface area contributed by atoms with Gasteiger partial charge in [-0.3, -0.25) is 9.78 Å². The number of hydrogen-bond donors (Lipinski definition) is 1. The number of nitrogens with one attached hydrogen (secondary N) is 1. The number of rotatable bonds is 3. The Hall–Kier alpha value is -2.75. The molecule has 0 radical (unpaired) electrons. The summed E-state index contributed by atoms with van der Waals surface area (Å²) in [6.07, 6.45) is 1.51. The third-order valence-corrected chi connectivity index (χ3v) is 3.61. The Morgan fingerprint density at radius 1 is 1.05 bits per heavy atom. The van der Waals surface area contributed by atoms with Crippen molar-refractivity contribution in [2.24, 2.45) is 0 Å². The van der Waals surface area contributed by atoms with Crippen LogP contribution in [-0.2, 0) is 0 Å². The Bertz CT molecular complexity index is 812. The Balaban J connectivity index is 1.79. The number of benzene rings is 2. The highest BCUT2D eigenvalue weighted by Crippen LogP contribution is 2.14. The van der Waals surface area contributed by atoms with Crippen LogP contribution in [0, 0.1) is 6.92 Å². The molecule has 1 N–H and O–H groups in total. The van der Waals surface area contributed by atoms with E-state index in [0.29, 0.717) is 5.69 Å². The number of carbonyl (C=O) groups excluding carboxylic acids is 1. The summed E-state index contributed by atoms with van der Waals surface area (Å²) in [5, 5.41) is 2.96. The first-order valence-electron chi connectivity index (χ1n) is 7.23. The predicted molar refractivity (Wildman–Crippen MR) is 86.6 cm³/mol. The van der Waals surface area contributed by atoms with E-state index in [-0.39, 0.29) is 11.9 Å². The van der Waals surface area contributed by atoms with Gasteiger partial charge in [-0.05, 0) is 31.5 Å². The minimum Gasteiger partial charge on any atom is -0.344 e. The molecule has 22 heavy (non-hydrogen) atoms. The van der Waals surface area contributed by atoms with Gasteiger partial charge >= 0.3 is 0 Å². The summed E-state index contributed by atoms with van der Waals surface area (Å²) in [5.41, 5.74) is 4.09. The molecule has 0 spiro atoms. The fraction of sp³-hybridized carbons (Fsp3) is 0.167. The van der Waals surface area contributed by atoms with Crippen LogP contribution in [0.25, 0.3) is 11.0 Å². The Morgan fingerprint density at radius 3 is 2.45 bits per heavy atom. The van der Waals surface area contributed by atoms with Gasteiger partial charge in [0.2, 0.25) is 0 Å². The van der Waals surface area contributed by atoms with E-state index in [0.717, 1.165) is 16.6 Å². The van der Waals surface area contributed by atoms with Crippen molar-refractivity contribution in [3.05, 3.63) is 71.5 Å². The number of amides is 1. The zero-order valence-corrected chi connectivity index (χ0v) is 12.6. The van der Waals surface area contributed by atoms with Crippen molar-refractivity contribution in [1.29, 1.82) is 0 Å². The summed E-state index contributed by atoms with van der Waals surface area (Å²) in [5.74, 6) is -0.216. The van der Waals surface area contributed by atoms with Crippen LogP contribution >= 0.6 is 0 Å². The van der Waals surface area contributed by atoms with Gasteiger partial charge in [-0.15, -0.1) is 0 Å². The number of hydrogen-bond acceptors (Lipinski definition) is 3. The lowest BCUT2D eigenvalue weighted by Crippen LogP contribution is -2.27. The fourth-order valence-electron chi connectivity index (χ4n) is 2.28. The molecule has 110 valence electrons. The molecule has 0 aliphatic heterocycles. The molecule has 0 bridgehead atoms. The van der Waals surface area contributed by atoms with Gasteiger partial charge in [-0.2, -0.15) is 0 Å². The maximum absolute atomic E-state index is 12.3. The molecule has 0 fully saturated rings. The smallest absolute Gasteiger partial charge is 0.271 e. The molecule has 1 unspecified atom stereocenters. The second-order valence-corrected chi connectivity index (χ2v) is 5.35. The van der Waals surface area contributed by atoms with E-state index in [9.17, 15) is 4.79 Å². The van der Waals surface area contributed by atoms with Crippen LogP contribution in [0.3, 0.4) is 0 Å². The second kappa shape index (κ2) is 5.93. The molecule has 0 aliphatic rings. The van der Waals surface area contributed by atoms with Crippen LogP contribution in [-0.4, -0.2) is 15.9 Å². The molecule has 1 amide bonds. The fourth-order valence-corrected chi connectivity index (χ4v) is 2.28. The minimum absolute atomic E-state index is 0.0821. The number of para-hydroxylation sites is 2. The van der Waals surface area contributed by atoms with Gasteiger partial charge in [0.1, 0.15) is 5.69 Å². The first-order valence-corrected chi connectivity index (χ1v) is 7.23. The maximum Gasteiger partial charge on any atom is 0.271 e. The third kappa shape index (κ3) is 2.96. The summed E-state index contributed by atoms with van der Waals surface area (Å²) in [4.78, 5) is 21.0. The molecule has 1 atom stereocenters. The standard InChI is InChI=1S/C18H17N3O/c1-12-7-9-14(10-8-12)13(2)20-18(22)17-11-19-15-5-3-4-6-16(15)21-17/h3-11,13H,1-2H3,(H,20,22). The average Bonchev–Trinajstić information content (AvgIpc) is 2.55. The van der Waals surface area contributed by atoms with Crippen LogP contribution in [0.4, 0.5) is 0 Å². The summed E-state index contributed by atoms with van der Waals surface area (Å²) in [7, 11) is 0. The average molecular weight is 291 g/mol. The van der Waals surface area contributed by atoms with Crippen molar-refractivity contribution in [2.45, 2.75) is 19.9 Å². The minimum atomic E-state index is -0.216. The van der Waals surface area contributed by atoms with E-state index in [1.165, 1.54) is 11.8 Å². The van der Waals surface area contributed by atoms with Crippen molar-refractivity contribution in [2.75, 3.05) is 0 Å². The normalized spacial score (nSPS) is 12.1. The lowest BCUT2D eigenvalue weighted by atomic mass is 10.1. The maximum atomic E-state index is 12.3. The van der Waals surface area contributed by atoms with Crippen LogP contribution in [0.5, 0.6) is 0 Å². The first-order chi connectivity index (χ1) is 10.6. The highest BCUT2D eigenvalue weighted by atomic mass is 16.1. The highest BCUT2D eigenvalue weighted by Gasteiger charge is 2.13. The van der Waals surface area contributed by atoms with E-state index in [4.69, 9.17) is 0 Å². The van der Waals surface area contributed by atoms with Crippen molar-refractivity contribution in [1.82, 2.24) is 15.3 Å². The third-order valence-electron chi connectivity index (χ3n) is 3.61. The molecule has 3 aromatic rings. The SMILES string of the molecule is Cc1ccc(C(C)NC(=O)c2cnc3ccccc3n2)cc1. The Kier molecular flexibility index (Phi) is 3.83. The predicted octanol–water partition coefficient (Wildman–Crippen LogP) is 3.43. The first kappa shape index (κ1) is 14.2. The molecule has 0 saturated heterocycles. The van der Waals surface area contributed by atoms with Crippen molar-refractivity contribution >= 4 is 16.9 Å². The van der Waals surface area contributed by atoms with Crippen LogP contribution in [0.2, 0.25) is 0 Å². The van der Waals surface area contributed by atoms with Crippen LogP contribution in [0.1, 0.15) is 34.6 Å². The second-order valence-electron chi connectivity index (χ2n) is 5.35. The molecular weight excluding hydrogens is 274 g/mol. The van der Waals surface area contributed by atoms with Gasteiger partial charge in [0, 0.05) is 0 Å². The van der Waals surface area contributed by atoms with Crippen molar-refractivity contribution in [3.8, 4) is 0 Å². The molecular formula is C18H17N3O. The monoisotopic (exact) mass is 291 g/mol. The Labute approximate surface area is 129 Å². The van der Waals surface area contributed by atoms with Crippen molar-refractivity contribution in [3.63, 3.8) is 0 Å². The van der Waals surface area contributed by atoms with Gasteiger partial charge in [-0.1, -0.05) is 42.0 Å². The molecule has 1 heterocycles. The number of carbonyl (C=O) groups is 1. The zero-order chi connectivity index (χ0) is 15.5. The lowest BCUT2D eigenvalue weighted by molar-refractivity contribution is 0.0935. The molecule has 0 saturated carbocycles. The number of nitrogens with zero attached hydrogens (tertiary/aromatic N) is 2. The Morgan fingerprint density at radius 2 is 1.73 bits per heavy atom. The topological polar surface area (TPSA) is 54.9 Å². The molecule has 4 nitrogen and oxygen atoms in total.